The standard InChI is InChI=1S/C22H22O6/c1-13(21(24)25)27-16-9-10-17-18(11-16)26-12-19(20(17)23)28-15-7-5-14(6-8-15)22(2,3)4/h5-13H,1-4H3,(H,24,25). The number of carbonyl (C=O) groups is 1. The lowest BCUT2D eigenvalue weighted by Gasteiger charge is -2.19. The van der Waals surface area contributed by atoms with Gasteiger partial charge in [0.1, 0.15) is 23.3 Å². The van der Waals surface area contributed by atoms with Crippen LogP contribution in [-0.4, -0.2) is 17.2 Å². The molecular weight excluding hydrogens is 360 g/mol. The largest absolute Gasteiger partial charge is 0.479 e. The summed E-state index contributed by atoms with van der Waals surface area (Å²) < 4.78 is 16.5. The van der Waals surface area contributed by atoms with E-state index in [1.807, 2.05) is 24.3 Å². The molecule has 0 fully saturated rings. The maximum atomic E-state index is 12.7. The van der Waals surface area contributed by atoms with Gasteiger partial charge in [0.05, 0.1) is 5.39 Å². The molecule has 1 aromatic heterocycles. The smallest absolute Gasteiger partial charge is 0.344 e. The van der Waals surface area contributed by atoms with Crippen molar-refractivity contribution in [1.82, 2.24) is 0 Å². The van der Waals surface area contributed by atoms with Gasteiger partial charge in [-0.1, -0.05) is 32.9 Å². The van der Waals surface area contributed by atoms with Crippen LogP contribution >= 0.6 is 0 Å². The quantitative estimate of drug-likeness (QED) is 0.686. The van der Waals surface area contributed by atoms with Crippen molar-refractivity contribution in [2.24, 2.45) is 0 Å². The molecule has 6 heteroatoms. The Morgan fingerprint density at radius 2 is 1.71 bits per heavy atom. The molecule has 1 unspecified atom stereocenters. The fraction of sp³-hybridized carbons (Fsp3) is 0.273. The fourth-order valence-electron chi connectivity index (χ4n) is 2.64. The molecule has 0 aliphatic carbocycles. The van der Waals surface area contributed by atoms with Crippen molar-refractivity contribution in [3.05, 3.63) is 64.5 Å². The minimum absolute atomic E-state index is 0.0262. The minimum Gasteiger partial charge on any atom is -0.479 e. The number of rotatable bonds is 5. The van der Waals surface area contributed by atoms with Crippen LogP contribution in [0.5, 0.6) is 17.2 Å². The first kappa shape index (κ1) is 19.5. The first-order chi connectivity index (χ1) is 13.1. The number of carboxylic acids is 1. The number of carboxylic acid groups (broad SMARTS) is 1. The molecule has 3 aromatic rings. The third-order valence-electron chi connectivity index (χ3n) is 4.32. The van der Waals surface area contributed by atoms with Crippen LogP contribution < -0.4 is 14.9 Å². The predicted molar refractivity (Wildman–Crippen MR) is 105 cm³/mol. The van der Waals surface area contributed by atoms with Crippen molar-refractivity contribution in [3.8, 4) is 17.2 Å². The van der Waals surface area contributed by atoms with Crippen LogP contribution in [0.2, 0.25) is 0 Å². The van der Waals surface area contributed by atoms with Crippen LogP contribution in [0.4, 0.5) is 0 Å². The van der Waals surface area contributed by atoms with Gasteiger partial charge < -0.3 is 19.0 Å². The highest BCUT2D eigenvalue weighted by Crippen LogP contribution is 2.27. The summed E-state index contributed by atoms with van der Waals surface area (Å²) in [7, 11) is 0. The van der Waals surface area contributed by atoms with E-state index in [0.29, 0.717) is 16.9 Å². The van der Waals surface area contributed by atoms with E-state index in [-0.39, 0.29) is 22.2 Å². The maximum Gasteiger partial charge on any atom is 0.344 e. The summed E-state index contributed by atoms with van der Waals surface area (Å²) in [6.07, 6.45) is 0.232. The van der Waals surface area contributed by atoms with Crippen molar-refractivity contribution in [3.63, 3.8) is 0 Å². The summed E-state index contributed by atoms with van der Waals surface area (Å²) in [6.45, 7) is 7.78. The average molecular weight is 382 g/mol. The first-order valence-corrected chi connectivity index (χ1v) is 8.88. The molecule has 0 amide bonds. The Bertz CT molecular complexity index is 1060. The van der Waals surface area contributed by atoms with Gasteiger partial charge in [0.25, 0.3) is 0 Å². The molecule has 0 radical (unpaired) electrons. The highest BCUT2D eigenvalue weighted by molar-refractivity contribution is 5.79. The Morgan fingerprint density at radius 1 is 1.07 bits per heavy atom. The van der Waals surface area contributed by atoms with E-state index in [9.17, 15) is 9.59 Å². The molecule has 2 aromatic carbocycles. The number of aliphatic carboxylic acids is 1. The van der Waals surface area contributed by atoms with Crippen LogP contribution in [0.1, 0.15) is 33.3 Å². The lowest BCUT2D eigenvalue weighted by atomic mass is 9.87. The molecule has 3 rings (SSSR count). The second-order valence-corrected chi connectivity index (χ2v) is 7.56. The molecule has 0 spiro atoms. The normalized spacial score (nSPS) is 12.6. The van der Waals surface area contributed by atoms with Crippen LogP contribution in [0.15, 0.2) is 57.9 Å². The summed E-state index contributed by atoms with van der Waals surface area (Å²) in [5, 5.41) is 9.24. The van der Waals surface area contributed by atoms with Gasteiger partial charge in [-0.2, -0.15) is 0 Å². The van der Waals surface area contributed by atoms with Crippen molar-refractivity contribution < 1.29 is 23.8 Å². The zero-order chi connectivity index (χ0) is 20.5. The van der Waals surface area contributed by atoms with E-state index in [4.69, 9.17) is 19.0 Å². The number of ether oxygens (including phenoxy) is 2. The average Bonchev–Trinajstić information content (AvgIpc) is 2.63. The molecule has 6 nitrogen and oxygen atoms in total. The van der Waals surface area contributed by atoms with Crippen LogP contribution in [0, 0.1) is 0 Å². The molecule has 146 valence electrons. The molecule has 0 bridgehead atoms. The van der Waals surface area contributed by atoms with Crippen molar-refractivity contribution in [1.29, 1.82) is 0 Å². The van der Waals surface area contributed by atoms with Gasteiger partial charge in [-0.05, 0) is 42.2 Å². The molecule has 0 saturated heterocycles. The van der Waals surface area contributed by atoms with Gasteiger partial charge in [-0.15, -0.1) is 0 Å². The van der Waals surface area contributed by atoms with Crippen LogP contribution in [0.3, 0.4) is 0 Å². The number of fused-ring (bicyclic) bond motifs is 1. The Kier molecular flexibility index (Phi) is 5.14. The van der Waals surface area contributed by atoms with E-state index >= 15 is 0 Å². The summed E-state index contributed by atoms with van der Waals surface area (Å²) in [5.74, 6) is -0.168. The van der Waals surface area contributed by atoms with E-state index in [1.54, 1.807) is 0 Å². The van der Waals surface area contributed by atoms with Crippen molar-refractivity contribution >= 4 is 16.9 Å². The summed E-state index contributed by atoms with van der Waals surface area (Å²) in [6, 6.07) is 12.1. The number of hydrogen-bond acceptors (Lipinski definition) is 5. The van der Waals surface area contributed by atoms with E-state index in [1.165, 1.54) is 31.4 Å². The van der Waals surface area contributed by atoms with Crippen LogP contribution in [0.25, 0.3) is 11.0 Å². The molecular formula is C22H22O6. The van der Waals surface area contributed by atoms with E-state index in [2.05, 4.69) is 20.8 Å². The highest BCUT2D eigenvalue weighted by atomic mass is 16.5. The molecule has 28 heavy (non-hydrogen) atoms. The second-order valence-electron chi connectivity index (χ2n) is 7.56. The SMILES string of the molecule is CC(Oc1ccc2c(=O)c(Oc3ccc(C(C)(C)C)cc3)coc2c1)C(=O)O. The topological polar surface area (TPSA) is 86.0 Å². The third-order valence-corrected chi connectivity index (χ3v) is 4.32. The van der Waals surface area contributed by atoms with Gasteiger partial charge in [-0.25, -0.2) is 4.79 Å². The molecule has 0 aliphatic heterocycles. The summed E-state index contributed by atoms with van der Waals surface area (Å²) in [5.41, 5.74) is 1.15. The molecule has 1 atom stereocenters. The zero-order valence-electron chi connectivity index (χ0n) is 16.2. The monoisotopic (exact) mass is 382 g/mol. The molecule has 0 aliphatic rings. The lowest BCUT2D eigenvalue weighted by Crippen LogP contribution is -2.22. The summed E-state index contributed by atoms with van der Waals surface area (Å²) >= 11 is 0. The van der Waals surface area contributed by atoms with Gasteiger partial charge in [0.15, 0.2) is 6.10 Å². The Balaban J connectivity index is 1.86. The Labute approximate surface area is 162 Å². The fourth-order valence-corrected chi connectivity index (χ4v) is 2.64. The van der Waals surface area contributed by atoms with Crippen molar-refractivity contribution in [2.75, 3.05) is 0 Å². The van der Waals surface area contributed by atoms with E-state index in [0.717, 1.165) is 5.56 Å². The lowest BCUT2D eigenvalue weighted by molar-refractivity contribution is -0.144. The van der Waals surface area contributed by atoms with E-state index < -0.39 is 12.1 Å². The maximum absolute atomic E-state index is 12.7. The summed E-state index contributed by atoms with van der Waals surface area (Å²) in [4.78, 5) is 23.6. The van der Waals surface area contributed by atoms with Gasteiger partial charge >= 0.3 is 5.97 Å². The second kappa shape index (κ2) is 7.38. The minimum atomic E-state index is -1.08. The third kappa shape index (κ3) is 4.17. The number of hydrogen-bond donors (Lipinski definition) is 1. The number of benzene rings is 2. The van der Waals surface area contributed by atoms with Gasteiger partial charge in [0.2, 0.25) is 11.2 Å². The molecule has 0 saturated carbocycles. The zero-order valence-corrected chi connectivity index (χ0v) is 16.2. The Hall–Kier alpha value is -3.28. The predicted octanol–water partition coefficient (Wildman–Crippen LogP) is 4.73. The molecule has 1 N–H and O–H groups in total. The van der Waals surface area contributed by atoms with Crippen molar-refractivity contribution in [2.45, 2.75) is 39.2 Å². The molecule has 1 heterocycles. The van der Waals surface area contributed by atoms with Gasteiger partial charge in [0, 0.05) is 6.07 Å². The van der Waals surface area contributed by atoms with Crippen LogP contribution in [-0.2, 0) is 10.2 Å². The van der Waals surface area contributed by atoms with Gasteiger partial charge in [-0.3, -0.25) is 4.79 Å². The Morgan fingerprint density at radius 3 is 2.32 bits per heavy atom. The highest BCUT2D eigenvalue weighted by Gasteiger charge is 2.16. The first-order valence-electron chi connectivity index (χ1n) is 8.88.